The lowest BCUT2D eigenvalue weighted by Crippen LogP contribution is -2.52. The quantitative estimate of drug-likeness (QED) is 0.325. The fraction of sp³-hybridized carbons (Fsp3) is 0.250. The number of benzene rings is 2. The first-order chi connectivity index (χ1) is 17.3. The summed E-state index contributed by atoms with van der Waals surface area (Å²) in [6.45, 7) is 3.62. The molecule has 0 spiro atoms. The summed E-state index contributed by atoms with van der Waals surface area (Å²) in [5, 5.41) is 16.8. The normalized spacial score (nSPS) is 14.7. The maximum absolute atomic E-state index is 12.9. The Bertz CT molecular complexity index is 1570. The van der Waals surface area contributed by atoms with Gasteiger partial charge >= 0.3 is 0 Å². The Morgan fingerprint density at radius 2 is 2.00 bits per heavy atom. The topological polar surface area (TPSA) is 169 Å². The minimum Gasteiger partial charge on any atom is -0.476 e. The van der Waals surface area contributed by atoms with Gasteiger partial charge in [0.25, 0.3) is 10.0 Å². The van der Waals surface area contributed by atoms with Crippen molar-refractivity contribution in [2.24, 2.45) is 11.1 Å². The molecule has 4 aromatic rings. The molecule has 1 fully saturated rings. The molecule has 0 saturated carbocycles. The number of hydrogen-bond donors (Lipinski definition) is 3. The van der Waals surface area contributed by atoms with Gasteiger partial charge in [-0.3, -0.25) is 9.82 Å². The highest BCUT2D eigenvalue weighted by atomic mass is 32.2. The van der Waals surface area contributed by atoms with Crippen molar-refractivity contribution in [3.8, 4) is 23.3 Å². The zero-order valence-corrected chi connectivity index (χ0v) is 20.2. The van der Waals surface area contributed by atoms with E-state index in [1.165, 1.54) is 12.1 Å². The minimum atomic E-state index is -3.96. The van der Waals surface area contributed by atoms with E-state index in [0.717, 1.165) is 5.56 Å². The number of aromatic amines is 1. The molecule has 4 N–H and O–H groups in total. The summed E-state index contributed by atoms with van der Waals surface area (Å²) < 4.78 is 39.7. The third kappa shape index (κ3) is 4.47. The zero-order chi connectivity index (χ0) is 25.3. The fourth-order valence-electron chi connectivity index (χ4n) is 3.76. The second-order valence-corrected chi connectivity index (χ2v) is 10.4. The van der Waals surface area contributed by atoms with Crippen LogP contribution >= 0.6 is 0 Å². The van der Waals surface area contributed by atoms with Gasteiger partial charge in [-0.15, -0.1) is 0 Å². The molecule has 1 saturated heterocycles. The molecule has 0 unspecified atom stereocenters. The van der Waals surface area contributed by atoms with Crippen molar-refractivity contribution in [3.63, 3.8) is 0 Å². The third-order valence-electron chi connectivity index (χ3n) is 5.98. The van der Waals surface area contributed by atoms with Gasteiger partial charge in [-0.2, -0.15) is 15.3 Å². The molecule has 12 heteroatoms. The predicted octanol–water partition coefficient (Wildman–Crippen LogP) is 2.35. The van der Waals surface area contributed by atoms with E-state index in [1.807, 2.05) is 6.07 Å². The Morgan fingerprint density at radius 1 is 1.22 bits per heavy atom. The number of aryl methyl sites for hydroxylation is 1. The third-order valence-corrected chi connectivity index (χ3v) is 7.40. The number of nitrogens with two attached hydrogens (primary N) is 1. The van der Waals surface area contributed by atoms with Crippen LogP contribution in [-0.4, -0.2) is 54.9 Å². The number of rotatable bonds is 8. The van der Waals surface area contributed by atoms with Crippen LogP contribution in [0, 0.1) is 23.7 Å². The van der Waals surface area contributed by atoms with Gasteiger partial charge in [-0.05, 0) is 48.9 Å². The van der Waals surface area contributed by atoms with Crippen LogP contribution in [0.3, 0.4) is 0 Å². The number of nitrogens with one attached hydrogen (secondary N) is 2. The highest BCUT2D eigenvalue weighted by molar-refractivity contribution is 7.92. The lowest BCUT2D eigenvalue weighted by Gasteiger charge is -2.39. The van der Waals surface area contributed by atoms with E-state index < -0.39 is 10.0 Å². The Morgan fingerprint density at radius 3 is 2.67 bits per heavy atom. The molecular formula is C24H23N7O4S. The number of nitriles is 1. The second-order valence-electron chi connectivity index (χ2n) is 8.76. The van der Waals surface area contributed by atoms with Crippen molar-refractivity contribution in [2.45, 2.75) is 11.8 Å². The Balaban J connectivity index is 1.40. The lowest BCUT2D eigenvalue weighted by molar-refractivity contribution is -0.125. The molecule has 0 bridgehead atoms. The smallest absolute Gasteiger partial charge is 0.263 e. The number of nitrogens with zero attached hydrogens (tertiary/aromatic N) is 4. The molecule has 0 amide bonds. The molecule has 0 atom stereocenters. The van der Waals surface area contributed by atoms with E-state index in [4.69, 9.17) is 15.2 Å². The molecule has 5 rings (SSSR count). The SMILES string of the molecule is Cc1ccc(C#N)c(S(=O)(=O)Nc2ccc(-c3nc(OCC4(CN)COC4)c4cn[nH]c4n3)cc2)c1. The molecule has 36 heavy (non-hydrogen) atoms. The van der Waals surface area contributed by atoms with Crippen LogP contribution in [0.1, 0.15) is 11.1 Å². The molecule has 3 heterocycles. The molecule has 0 radical (unpaired) electrons. The molecular weight excluding hydrogens is 482 g/mol. The summed E-state index contributed by atoms with van der Waals surface area (Å²) in [6.07, 6.45) is 1.60. The van der Waals surface area contributed by atoms with E-state index in [1.54, 1.807) is 43.5 Å². The average Bonchev–Trinajstić information content (AvgIpc) is 3.33. The van der Waals surface area contributed by atoms with Gasteiger partial charge in [0.15, 0.2) is 11.5 Å². The van der Waals surface area contributed by atoms with Crippen LogP contribution in [0.15, 0.2) is 53.6 Å². The highest BCUT2D eigenvalue weighted by Crippen LogP contribution is 2.31. The van der Waals surface area contributed by atoms with E-state index in [9.17, 15) is 13.7 Å². The van der Waals surface area contributed by atoms with Gasteiger partial charge in [0.05, 0.1) is 30.4 Å². The van der Waals surface area contributed by atoms with Gasteiger partial charge in [0, 0.05) is 17.8 Å². The van der Waals surface area contributed by atoms with Crippen LogP contribution in [0.5, 0.6) is 5.88 Å². The molecule has 0 aliphatic carbocycles. The van der Waals surface area contributed by atoms with E-state index in [2.05, 4.69) is 24.9 Å². The van der Waals surface area contributed by atoms with Gasteiger partial charge in [0.2, 0.25) is 5.88 Å². The van der Waals surface area contributed by atoms with Crippen molar-refractivity contribution in [3.05, 3.63) is 59.8 Å². The van der Waals surface area contributed by atoms with Crippen LogP contribution in [0.2, 0.25) is 0 Å². The number of H-pyrrole nitrogens is 1. The van der Waals surface area contributed by atoms with E-state index >= 15 is 0 Å². The number of ether oxygens (including phenoxy) is 2. The number of hydrogen-bond acceptors (Lipinski definition) is 9. The predicted molar refractivity (Wildman–Crippen MR) is 132 cm³/mol. The maximum Gasteiger partial charge on any atom is 0.263 e. The summed E-state index contributed by atoms with van der Waals surface area (Å²) in [5.74, 6) is 0.755. The lowest BCUT2D eigenvalue weighted by atomic mass is 9.87. The van der Waals surface area contributed by atoms with Gasteiger partial charge in [0.1, 0.15) is 23.0 Å². The maximum atomic E-state index is 12.9. The number of anilines is 1. The molecule has 1 aliphatic rings. The summed E-state index contributed by atoms with van der Waals surface area (Å²) in [5.41, 5.74) is 7.95. The first-order valence-corrected chi connectivity index (χ1v) is 12.6. The molecule has 2 aromatic heterocycles. The first kappa shape index (κ1) is 23.7. The minimum absolute atomic E-state index is 0.0726. The molecule has 11 nitrogen and oxygen atoms in total. The van der Waals surface area contributed by atoms with Gasteiger partial charge in [-0.25, -0.2) is 13.4 Å². The largest absolute Gasteiger partial charge is 0.476 e. The Hall–Kier alpha value is -4.05. The first-order valence-electron chi connectivity index (χ1n) is 11.1. The van der Waals surface area contributed by atoms with Crippen molar-refractivity contribution in [2.75, 3.05) is 31.1 Å². The fourth-order valence-corrected chi connectivity index (χ4v) is 5.06. The van der Waals surface area contributed by atoms with Gasteiger partial charge < -0.3 is 15.2 Å². The summed E-state index contributed by atoms with van der Waals surface area (Å²) in [6, 6.07) is 13.2. The Labute approximate surface area is 207 Å². The van der Waals surface area contributed by atoms with E-state index in [0.29, 0.717) is 60.4 Å². The van der Waals surface area contributed by atoms with Crippen LogP contribution in [0.4, 0.5) is 5.69 Å². The van der Waals surface area contributed by atoms with Crippen molar-refractivity contribution in [1.29, 1.82) is 5.26 Å². The molecule has 184 valence electrons. The number of fused-ring (bicyclic) bond motifs is 1. The second kappa shape index (κ2) is 9.19. The number of sulfonamides is 1. The van der Waals surface area contributed by atoms with Crippen molar-refractivity contribution < 1.29 is 17.9 Å². The van der Waals surface area contributed by atoms with Crippen molar-refractivity contribution >= 4 is 26.7 Å². The van der Waals surface area contributed by atoms with E-state index in [-0.39, 0.29) is 15.9 Å². The average molecular weight is 506 g/mol. The van der Waals surface area contributed by atoms with Crippen LogP contribution in [-0.2, 0) is 14.8 Å². The van der Waals surface area contributed by atoms with Gasteiger partial charge in [-0.1, -0.05) is 6.07 Å². The van der Waals surface area contributed by atoms with Crippen LogP contribution < -0.4 is 15.2 Å². The highest BCUT2D eigenvalue weighted by Gasteiger charge is 2.38. The summed E-state index contributed by atoms with van der Waals surface area (Å²) in [7, 11) is -3.96. The Kier molecular flexibility index (Phi) is 6.05. The molecule has 1 aliphatic heterocycles. The number of aromatic nitrogens is 4. The van der Waals surface area contributed by atoms with Crippen molar-refractivity contribution in [1.82, 2.24) is 20.2 Å². The standard InChI is InChI=1S/C24H23N7O4S/c1-15-2-3-17(9-25)20(8-15)36(32,33)31-18-6-4-16(5-7-18)21-28-22-19(10-27-30-22)23(29-21)35-14-24(11-26)12-34-13-24/h2-8,10,31H,11-14,26H2,1H3,(H,27,28,29,30). The monoisotopic (exact) mass is 505 g/mol. The zero-order valence-electron chi connectivity index (χ0n) is 19.4. The molecule has 2 aromatic carbocycles. The van der Waals surface area contributed by atoms with Crippen LogP contribution in [0.25, 0.3) is 22.4 Å². The summed E-state index contributed by atoms with van der Waals surface area (Å²) in [4.78, 5) is 9.02. The summed E-state index contributed by atoms with van der Waals surface area (Å²) >= 11 is 0.